The van der Waals surface area contributed by atoms with Gasteiger partial charge in [-0.1, -0.05) is 35.9 Å². The molecule has 2 aromatic carbocycles. The molecule has 2 fully saturated rings. The lowest BCUT2D eigenvalue weighted by Gasteiger charge is -2.33. The van der Waals surface area contributed by atoms with Crippen LogP contribution in [-0.4, -0.2) is 36.5 Å². The third-order valence-electron chi connectivity index (χ3n) is 5.60. The fourth-order valence-corrected chi connectivity index (χ4v) is 3.75. The number of likely N-dealkylation sites (tertiary alicyclic amines) is 1. The van der Waals surface area contributed by atoms with Gasteiger partial charge in [-0.25, -0.2) is 0 Å². The Balaban J connectivity index is 0.00000240. The van der Waals surface area contributed by atoms with Crippen molar-refractivity contribution in [1.82, 2.24) is 10.2 Å². The average Bonchev–Trinajstić information content (AvgIpc) is 3.56. The number of carbonyl (C=O) groups is 1. The molecule has 2 aromatic rings. The van der Waals surface area contributed by atoms with E-state index in [2.05, 4.69) is 5.32 Å². The van der Waals surface area contributed by atoms with Crippen molar-refractivity contribution in [2.45, 2.75) is 38.3 Å². The minimum absolute atomic E-state index is 0. The van der Waals surface area contributed by atoms with Crippen LogP contribution in [0.15, 0.2) is 48.5 Å². The lowest BCUT2D eigenvalue weighted by Crippen LogP contribution is -2.45. The van der Waals surface area contributed by atoms with Crippen LogP contribution in [0.5, 0.6) is 5.75 Å². The summed E-state index contributed by atoms with van der Waals surface area (Å²) in [6.45, 7) is 3.15. The van der Waals surface area contributed by atoms with E-state index in [1.54, 1.807) is 0 Å². The van der Waals surface area contributed by atoms with Gasteiger partial charge in [0.15, 0.2) is 0 Å². The molecule has 1 aliphatic carbocycles. The van der Waals surface area contributed by atoms with Gasteiger partial charge in [-0.3, -0.25) is 4.79 Å². The summed E-state index contributed by atoms with van der Waals surface area (Å²) in [4.78, 5) is 15.0. The molecule has 1 amide bonds. The third-order valence-corrected chi connectivity index (χ3v) is 5.85. The maximum Gasteiger partial charge on any atom is 0.257 e. The van der Waals surface area contributed by atoms with E-state index in [1.807, 2.05) is 53.4 Å². The Morgan fingerprint density at radius 1 is 1.03 bits per heavy atom. The summed E-state index contributed by atoms with van der Waals surface area (Å²) in [6, 6.07) is 15.6. The number of nitrogens with zero attached hydrogens (tertiary/aromatic N) is 1. The zero-order valence-electron chi connectivity index (χ0n) is 16.5. The molecule has 0 bridgehead atoms. The van der Waals surface area contributed by atoms with Crippen LogP contribution < -0.4 is 10.1 Å². The van der Waals surface area contributed by atoms with Gasteiger partial charge in [0.1, 0.15) is 12.4 Å². The van der Waals surface area contributed by atoms with Gasteiger partial charge in [-0.15, -0.1) is 12.4 Å². The summed E-state index contributed by atoms with van der Waals surface area (Å²) in [5, 5.41) is 4.37. The van der Waals surface area contributed by atoms with Crippen LogP contribution in [0.2, 0.25) is 5.02 Å². The molecule has 2 aliphatic rings. The van der Waals surface area contributed by atoms with Crippen LogP contribution in [0, 0.1) is 5.92 Å². The Labute approximate surface area is 184 Å². The quantitative estimate of drug-likeness (QED) is 0.670. The maximum absolute atomic E-state index is 13.1. The van der Waals surface area contributed by atoms with Gasteiger partial charge in [0.05, 0.1) is 5.56 Å². The molecule has 1 N–H and O–H groups in total. The van der Waals surface area contributed by atoms with Crippen LogP contribution >= 0.6 is 24.0 Å². The summed E-state index contributed by atoms with van der Waals surface area (Å²) in [6.07, 6.45) is 4.78. The zero-order valence-corrected chi connectivity index (χ0v) is 18.1. The minimum Gasteiger partial charge on any atom is -0.488 e. The van der Waals surface area contributed by atoms with Crippen LogP contribution in [0.25, 0.3) is 0 Å². The van der Waals surface area contributed by atoms with Gasteiger partial charge < -0.3 is 15.0 Å². The number of hydrogen-bond donors (Lipinski definition) is 1. The highest BCUT2D eigenvalue weighted by atomic mass is 35.5. The Bertz CT molecular complexity index is 801. The first-order valence-corrected chi connectivity index (χ1v) is 10.6. The number of ether oxygens (including phenoxy) is 1. The average molecular weight is 435 g/mol. The van der Waals surface area contributed by atoms with Crippen molar-refractivity contribution < 1.29 is 9.53 Å². The Morgan fingerprint density at radius 3 is 2.41 bits per heavy atom. The number of halogens is 2. The molecule has 6 heteroatoms. The smallest absolute Gasteiger partial charge is 0.257 e. The first-order valence-electron chi connectivity index (χ1n) is 10.2. The number of hydrogen-bond acceptors (Lipinski definition) is 3. The standard InChI is InChI=1S/C23H27ClN2O2.ClH/c24-19-9-7-18(8-10-19)16-28-22-4-2-1-3-21(22)23(27)26-13-11-20(12-14-26)25-15-17-5-6-17;/h1-4,7-10,17,20,25H,5-6,11-16H2;1H. The molecule has 0 unspecified atom stereocenters. The van der Waals surface area contributed by atoms with Gasteiger partial charge in [0, 0.05) is 24.2 Å². The highest BCUT2D eigenvalue weighted by Crippen LogP contribution is 2.28. The molecular formula is C23H28Cl2N2O2. The van der Waals surface area contributed by atoms with Crippen LogP contribution in [0.1, 0.15) is 41.6 Å². The molecule has 4 nitrogen and oxygen atoms in total. The van der Waals surface area contributed by atoms with Crippen LogP contribution in [0.4, 0.5) is 0 Å². The SMILES string of the molecule is Cl.O=C(c1ccccc1OCc1ccc(Cl)cc1)N1CCC(NCC2CC2)CC1. The number of para-hydroxylation sites is 1. The highest BCUT2D eigenvalue weighted by Gasteiger charge is 2.27. The number of benzene rings is 2. The molecular weight excluding hydrogens is 407 g/mol. The van der Waals surface area contributed by atoms with Gasteiger partial charge in [0.2, 0.25) is 0 Å². The Hall–Kier alpha value is -1.75. The van der Waals surface area contributed by atoms with Crippen LogP contribution in [0.3, 0.4) is 0 Å². The van der Waals surface area contributed by atoms with E-state index < -0.39 is 0 Å². The van der Waals surface area contributed by atoms with Gasteiger partial charge in [0.25, 0.3) is 5.91 Å². The molecule has 1 aliphatic heterocycles. The summed E-state index contributed by atoms with van der Waals surface area (Å²) in [5.41, 5.74) is 1.66. The topological polar surface area (TPSA) is 41.6 Å². The fourth-order valence-electron chi connectivity index (χ4n) is 3.62. The molecule has 0 radical (unpaired) electrons. The molecule has 29 heavy (non-hydrogen) atoms. The van der Waals surface area contributed by atoms with Crippen molar-refractivity contribution in [2.75, 3.05) is 19.6 Å². The lowest BCUT2D eigenvalue weighted by molar-refractivity contribution is 0.0700. The number of carbonyl (C=O) groups excluding carboxylic acids is 1. The highest BCUT2D eigenvalue weighted by molar-refractivity contribution is 6.30. The van der Waals surface area contributed by atoms with Gasteiger partial charge >= 0.3 is 0 Å². The monoisotopic (exact) mass is 434 g/mol. The van der Waals surface area contributed by atoms with Gasteiger partial charge in [-0.2, -0.15) is 0 Å². The lowest BCUT2D eigenvalue weighted by atomic mass is 10.0. The summed E-state index contributed by atoms with van der Waals surface area (Å²) in [7, 11) is 0. The molecule has 1 saturated heterocycles. The van der Waals surface area contributed by atoms with E-state index in [0.29, 0.717) is 29.0 Å². The molecule has 0 atom stereocenters. The van der Waals surface area contributed by atoms with Crippen molar-refractivity contribution in [3.63, 3.8) is 0 Å². The number of amides is 1. The summed E-state index contributed by atoms with van der Waals surface area (Å²) >= 11 is 5.93. The fraction of sp³-hybridized carbons (Fsp3) is 0.435. The molecule has 1 saturated carbocycles. The van der Waals surface area contributed by atoms with E-state index in [-0.39, 0.29) is 18.3 Å². The third kappa shape index (κ3) is 6.11. The number of rotatable bonds is 7. The van der Waals surface area contributed by atoms with E-state index >= 15 is 0 Å². The van der Waals surface area contributed by atoms with Gasteiger partial charge in [-0.05, 0) is 68.0 Å². The Morgan fingerprint density at radius 2 is 1.72 bits per heavy atom. The number of piperidine rings is 1. The van der Waals surface area contributed by atoms with E-state index in [0.717, 1.165) is 44.0 Å². The van der Waals surface area contributed by atoms with Crippen LogP contribution in [-0.2, 0) is 6.61 Å². The van der Waals surface area contributed by atoms with Crippen molar-refractivity contribution in [1.29, 1.82) is 0 Å². The van der Waals surface area contributed by atoms with E-state index in [1.165, 1.54) is 12.8 Å². The molecule has 1 heterocycles. The second-order valence-electron chi connectivity index (χ2n) is 7.83. The molecule has 0 spiro atoms. The second-order valence-corrected chi connectivity index (χ2v) is 8.27. The maximum atomic E-state index is 13.1. The molecule has 0 aromatic heterocycles. The predicted octanol–water partition coefficient (Wildman–Crippen LogP) is 4.95. The van der Waals surface area contributed by atoms with E-state index in [9.17, 15) is 4.79 Å². The Kier molecular flexibility index (Phi) is 7.82. The minimum atomic E-state index is 0. The molecule has 156 valence electrons. The summed E-state index contributed by atoms with van der Waals surface area (Å²) in [5.74, 6) is 1.59. The largest absolute Gasteiger partial charge is 0.488 e. The number of nitrogens with one attached hydrogen (secondary N) is 1. The first kappa shape index (κ1) is 21.9. The molecule has 4 rings (SSSR count). The first-order chi connectivity index (χ1) is 13.7. The zero-order chi connectivity index (χ0) is 19.3. The van der Waals surface area contributed by atoms with Crippen molar-refractivity contribution in [3.05, 3.63) is 64.7 Å². The van der Waals surface area contributed by atoms with Crippen molar-refractivity contribution in [3.8, 4) is 5.75 Å². The summed E-state index contributed by atoms with van der Waals surface area (Å²) < 4.78 is 5.97. The van der Waals surface area contributed by atoms with Crippen molar-refractivity contribution >= 4 is 29.9 Å². The van der Waals surface area contributed by atoms with E-state index in [4.69, 9.17) is 16.3 Å². The van der Waals surface area contributed by atoms with Crippen molar-refractivity contribution in [2.24, 2.45) is 5.92 Å². The normalized spacial score (nSPS) is 16.9. The second kappa shape index (κ2) is 10.3. The predicted molar refractivity (Wildman–Crippen MR) is 119 cm³/mol.